The van der Waals surface area contributed by atoms with Gasteiger partial charge in [0.15, 0.2) is 0 Å². The molecule has 0 aromatic carbocycles. The summed E-state index contributed by atoms with van der Waals surface area (Å²) in [7, 11) is 3.33. The molecule has 90 valence electrons. The summed E-state index contributed by atoms with van der Waals surface area (Å²) < 4.78 is 9.87. The lowest BCUT2D eigenvalue weighted by molar-refractivity contribution is 0.0743. The van der Waals surface area contributed by atoms with E-state index in [2.05, 4.69) is 21.1 Å². The van der Waals surface area contributed by atoms with Gasteiger partial charge < -0.3 is 14.2 Å². The molecule has 1 aromatic rings. The van der Waals surface area contributed by atoms with Gasteiger partial charge in [-0.1, -0.05) is 21.1 Å². The number of methoxy groups -OCH3 is 1. The number of hydrogen-bond donors (Lipinski definition) is 0. The van der Waals surface area contributed by atoms with Crippen LogP contribution in [-0.4, -0.2) is 48.1 Å². The molecule has 1 amide bonds. The molecular weight excluding hydrogens is 276 g/mol. The molecule has 0 N–H and O–H groups in total. The van der Waals surface area contributed by atoms with Gasteiger partial charge in [-0.25, -0.2) is 0 Å². The van der Waals surface area contributed by atoms with Gasteiger partial charge >= 0.3 is 0 Å². The zero-order valence-corrected chi connectivity index (χ0v) is 11.2. The Balaban J connectivity index is 2.54. The molecule has 1 atom stereocenters. The predicted molar refractivity (Wildman–Crippen MR) is 62.8 cm³/mol. The van der Waals surface area contributed by atoms with Crippen molar-refractivity contribution in [2.45, 2.75) is 11.8 Å². The lowest BCUT2D eigenvalue weighted by atomic mass is 10.3. The Hall–Kier alpha value is -0.880. The van der Waals surface area contributed by atoms with Crippen molar-refractivity contribution in [3.05, 3.63) is 17.5 Å². The third-order valence-electron chi connectivity index (χ3n) is 2.00. The van der Waals surface area contributed by atoms with Crippen molar-refractivity contribution in [2.75, 3.05) is 27.3 Å². The van der Waals surface area contributed by atoms with Crippen molar-refractivity contribution in [3.8, 4) is 0 Å². The summed E-state index contributed by atoms with van der Waals surface area (Å²) in [5.74, 6) is 0.0817. The van der Waals surface area contributed by atoms with Crippen LogP contribution in [0.25, 0.3) is 0 Å². The third-order valence-corrected chi connectivity index (χ3v) is 2.56. The first-order valence-electron chi connectivity index (χ1n) is 4.86. The summed E-state index contributed by atoms with van der Waals surface area (Å²) in [6, 6.07) is 1.62. The first-order chi connectivity index (χ1) is 7.54. The number of carbonyl (C=O) groups is 1. The number of aromatic nitrogens is 1. The first-order valence-corrected chi connectivity index (χ1v) is 5.78. The monoisotopic (exact) mass is 290 g/mol. The van der Waals surface area contributed by atoms with Crippen molar-refractivity contribution in [2.24, 2.45) is 0 Å². The molecule has 16 heavy (non-hydrogen) atoms. The van der Waals surface area contributed by atoms with Crippen molar-refractivity contribution in [1.29, 1.82) is 0 Å². The Bertz CT molecular complexity index is 354. The smallest absolute Gasteiger partial charge is 0.292 e. The molecule has 0 bridgehead atoms. The zero-order valence-electron chi connectivity index (χ0n) is 9.57. The summed E-state index contributed by atoms with van der Waals surface area (Å²) in [6.45, 7) is 2.87. The highest BCUT2D eigenvalue weighted by Gasteiger charge is 2.18. The fraction of sp³-hybridized carbons (Fsp3) is 0.600. The van der Waals surface area contributed by atoms with Crippen LogP contribution in [0.4, 0.5) is 0 Å². The molecule has 0 aliphatic heterocycles. The van der Waals surface area contributed by atoms with Gasteiger partial charge in [0, 0.05) is 26.8 Å². The van der Waals surface area contributed by atoms with E-state index < -0.39 is 0 Å². The number of hydrogen-bond acceptors (Lipinski definition) is 4. The van der Waals surface area contributed by atoms with Gasteiger partial charge in [-0.2, -0.15) is 0 Å². The molecule has 0 aliphatic carbocycles. The molecule has 0 saturated carbocycles. The van der Waals surface area contributed by atoms with Crippen LogP contribution in [-0.2, 0) is 4.74 Å². The molecule has 0 aliphatic rings. The number of halogens is 1. The first kappa shape index (κ1) is 13.2. The average molecular weight is 291 g/mol. The van der Waals surface area contributed by atoms with Gasteiger partial charge in [0.2, 0.25) is 5.76 Å². The number of nitrogens with zero attached hydrogens (tertiary/aromatic N) is 2. The van der Waals surface area contributed by atoms with Gasteiger partial charge in [0.05, 0.1) is 17.1 Å². The van der Waals surface area contributed by atoms with Crippen molar-refractivity contribution in [1.82, 2.24) is 10.1 Å². The van der Waals surface area contributed by atoms with E-state index in [9.17, 15) is 4.79 Å². The van der Waals surface area contributed by atoms with Crippen LogP contribution < -0.4 is 0 Å². The molecule has 1 aromatic heterocycles. The normalized spacial score (nSPS) is 12.5. The summed E-state index contributed by atoms with van der Waals surface area (Å²) in [5.41, 5.74) is 0.698. The fourth-order valence-electron chi connectivity index (χ4n) is 1.27. The highest BCUT2D eigenvalue weighted by Crippen LogP contribution is 2.08. The minimum Gasteiger partial charge on any atom is -0.383 e. The molecule has 0 radical (unpaired) electrons. The van der Waals surface area contributed by atoms with Gasteiger partial charge in [-0.05, 0) is 6.92 Å². The van der Waals surface area contributed by atoms with Crippen LogP contribution in [0.3, 0.4) is 0 Å². The molecule has 6 heteroatoms. The van der Waals surface area contributed by atoms with Gasteiger partial charge in [-0.3, -0.25) is 4.79 Å². The Morgan fingerprint density at radius 3 is 2.94 bits per heavy atom. The lowest BCUT2D eigenvalue weighted by Gasteiger charge is -2.18. The van der Waals surface area contributed by atoms with Crippen LogP contribution in [0.15, 0.2) is 10.6 Å². The number of ether oxygens (including phenoxy) is 1. The number of rotatable bonds is 5. The van der Waals surface area contributed by atoms with Crippen LogP contribution in [0.5, 0.6) is 0 Å². The number of aryl methyl sites for hydroxylation is 1. The second kappa shape index (κ2) is 6.00. The van der Waals surface area contributed by atoms with E-state index in [1.165, 1.54) is 0 Å². The van der Waals surface area contributed by atoms with Crippen LogP contribution in [0.1, 0.15) is 16.2 Å². The Kier molecular flexibility index (Phi) is 4.95. The highest BCUT2D eigenvalue weighted by atomic mass is 79.9. The van der Waals surface area contributed by atoms with Crippen molar-refractivity contribution < 1.29 is 14.1 Å². The maximum Gasteiger partial charge on any atom is 0.292 e. The fourth-order valence-corrected chi connectivity index (χ4v) is 1.96. The van der Waals surface area contributed by atoms with Crippen molar-refractivity contribution in [3.63, 3.8) is 0 Å². The standard InChI is InChI=1S/C10H15BrN2O3/c1-7-4-9(16-12-7)10(14)13(2)5-8(11)6-15-3/h4,8H,5-6H2,1-3H3. The third kappa shape index (κ3) is 3.61. The van der Waals surface area contributed by atoms with E-state index in [1.807, 2.05) is 0 Å². The predicted octanol–water partition coefficient (Wildman–Crippen LogP) is 1.46. The van der Waals surface area contributed by atoms with E-state index >= 15 is 0 Å². The van der Waals surface area contributed by atoms with E-state index in [4.69, 9.17) is 9.26 Å². The SMILES string of the molecule is COCC(Br)CN(C)C(=O)c1cc(C)no1. The van der Waals surface area contributed by atoms with E-state index in [0.29, 0.717) is 18.8 Å². The molecule has 5 nitrogen and oxygen atoms in total. The molecule has 1 unspecified atom stereocenters. The van der Waals surface area contributed by atoms with Gasteiger partial charge in [0.25, 0.3) is 5.91 Å². The van der Waals surface area contributed by atoms with Gasteiger partial charge in [-0.15, -0.1) is 0 Å². The van der Waals surface area contributed by atoms with Crippen LogP contribution in [0, 0.1) is 6.92 Å². The van der Waals surface area contributed by atoms with E-state index in [1.54, 1.807) is 32.0 Å². The topological polar surface area (TPSA) is 55.6 Å². The van der Waals surface area contributed by atoms with E-state index in [-0.39, 0.29) is 16.5 Å². The molecule has 0 saturated heterocycles. The van der Waals surface area contributed by atoms with Crippen LogP contribution in [0.2, 0.25) is 0 Å². The summed E-state index contributed by atoms with van der Waals surface area (Å²) >= 11 is 3.42. The Morgan fingerprint density at radius 2 is 2.44 bits per heavy atom. The van der Waals surface area contributed by atoms with Crippen molar-refractivity contribution >= 4 is 21.8 Å². The quantitative estimate of drug-likeness (QED) is 0.771. The summed E-state index contributed by atoms with van der Waals surface area (Å²) in [4.78, 5) is 13.5. The minimum absolute atomic E-state index is 0.107. The maximum atomic E-state index is 11.8. The average Bonchev–Trinajstić information content (AvgIpc) is 2.64. The largest absolute Gasteiger partial charge is 0.383 e. The lowest BCUT2D eigenvalue weighted by Crippen LogP contribution is -2.33. The Morgan fingerprint density at radius 1 is 1.75 bits per heavy atom. The van der Waals surface area contributed by atoms with E-state index in [0.717, 1.165) is 0 Å². The molecule has 0 fully saturated rings. The minimum atomic E-state index is -0.179. The number of alkyl halides is 1. The molecule has 0 spiro atoms. The number of carbonyl (C=O) groups excluding carboxylic acids is 1. The second-order valence-corrected chi connectivity index (χ2v) is 4.87. The summed E-state index contributed by atoms with van der Waals surface area (Å²) in [6.07, 6.45) is 0. The Labute approximate surface area is 103 Å². The molecule has 1 heterocycles. The maximum absolute atomic E-state index is 11.8. The highest BCUT2D eigenvalue weighted by molar-refractivity contribution is 9.09. The number of amides is 1. The molecular formula is C10H15BrN2O3. The summed E-state index contributed by atoms with van der Waals surface area (Å²) in [5, 5.41) is 3.68. The second-order valence-electron chi connectivity index (χ2n) is 3.57. The van der Waals surface area contributed by atoms with Crippen LogP contribution >= 0.6 is 15.9 Å². The zero-order chi connectivity index (χ0) is 12.1. The molecule has 1 rings (SSSR count). The van der Waals surface area contributed by atoms with Gasteiger partial charge in [0.1, 0.15) is 0 Å².